The Morgan fingerprint density at radius 1 is 1.14 bits per heavy atom. The van der Waals surface area contributed by atoms with Gasteiger partial charge in [-0.1, -0.05) is 30.3 Å². The second-order valence-electron chi connectivity index (χ2n) is 6.47. The fraction of sp³-hybridized carbons (Fsp3) is 0.190. The van der Waals surface area contributed by atoms with Crippen LogP contribution in [0.15, 0.2) is 42.0 Å². The van der Waals surface area contributed by atoms with Crippen LogP contribution in [0.4, 0.5) is 0 Å². The van der Waals surface area contributed by atoms with Gasteiger partial charge in [-0.3, -0.25) is 4.79 Å². The van der Waals surface area contributed by atoms with Gasteiger partial charge in [0.1, 0.15) is 11.6 Å². The number of phenols is 2. The number of hydrogen-bond donors (Lipinski definition) is 4. The van der Waals surface area contributed by atoms with Gasteiger partial charge >= 0.3 is 5.97 Å². The lowest BCUT2D eigenvalue weighted by Gasteiger charge is -2.24. The van der Waals surface area contributed by atoms with E-state index < -0.39 is 23.2 Å². The van der Waals surface area contributed by atoms with Crippen molar-refractivity contribution in [2.45, 2.75) is 18.8 Å². The number of nitriles is 1. The molecule has 142 valence electrons. The zero-order valence-corrected chi connectivity index (χ0v) is 14.7. The van der Waals surface area contributed by atoms with E-state index in [0.717, 1.165) is 0 Å². The Hall–Kier alpha value is -3.63. The number of allylic oxidation sites excluding steroid dienone is 1. The van der Waals surface area contributed by atoms with Gasteiger partial charge in [0.2, 0.25) is 5.78 Å². The molecule has 28 heavy (non-hydrogen) atoms. The number of carbonyl (C=O) groups excluding carboxylic acids is 1. The van der Waals surface area contributed by atoms with Crippen molar-refractivity contribution in [2.24, 2.45) is 0 Å². The van der Waals surface area contributed by atoms with Gasteiger partial charge < -0.3 is 20.4 Å². The van der Waals surface area contributed by atoms with Crippen LogP contribution in [-0.2, 0) is 11.2 Å². The summed E-state index contributed by atoms with van der Waals surface area (Å²) in [6.07, 6.45) is 1.60. The van der Waals surface area contributed by atoms with E-state index in [2.05, 4.69) is 0 Å². The van der Waals surface area contributed by atoms with E-state index >= 15 is 0 Å². The number of aliphatic carboxylic acids is 1. The summed E-state index contributed by atoms with van der Waals surface area (Å²) in [5.74, 6) is -3.27. The average molecular weight is 379 g/mol. The number of aliphatic hydroxyl groups is 1. The highest BCUT2D eigenvalue weighted by molar-refractivity contribution is 6.26. The molecule has 1 aliphatic rings. The van der Waals surface area contributed by atoms with Gasteiger partial charge in [-0.2, -0.15) is 5.26 Å². The normalized spacial score (nSPS) is 15.5. The molecule has 2 aromatic carbocycles. The molecule has 4 N–H and O–H groups in total. The Morgan fingerprint density at radius 2 is 1.89 bits per heavy atom. The number of nitrogens with zero attached hydrogens (tertiary/aromatic N) is 1. The van der Waals surface area contributed by atoms with Crippen LogP contribution in [0.1, 0.15) is 45.0 Å². The molecular formula is C21H17NO6. The summed E-state index contributed by atoms with van der Waals surface area (Å²) in [6, 6.07) is 9.70. The predicted molar refractivity (Wildman–Crippen MR) is 98.2 cm³/mol. The smallest absolute Gasteiger partial charge is 0.339 e. The van der Waals surface area contributed by atoms with E-state index in [1.165, 1.54) is 12.1 Å². The minimum atomic E-state index is -1.39. The number of carboxylic acid groups (broad SMARTS) is 1. The second kappa shape index (κ2) is 7.55. The van der Waals surface area contributed by atoms with Gasteiger partial charge in [0.05, 0.1) is 5.56 Å². The summed E-state index contributed by atoms with van der Waals surface area (Å²) in [7, 11) is 0. The van der Waals surface area contributed by atoms with Crippen molar-refractivity contribution in [3.05, 3.63) is 69.8 Å². The van der Waals surface area contributed by atoms with Crippen LogP contribution in [0, 0.1) is 11.3 Å². The minimum absolute atomic E-state index is 0.0120. The third-order valence-corrected chi connectivity index (χ3v) is 4.82. The lowest BCUT2D eigenvalue weighted by Crippen LogP contribution is -2.23. The molecule has 0 aromatic heterocycles. The highest BCUT2D eigenvalue weighted by Crippen LogP contribution is 2.37. The lowest BCUT2D eigenvalue weighted by molar-refractivity contribution is -0.132. The number of fused-ring (bicyclic) bond motifs is 1. The molecule has 1 atom stereocenters. The van der Waals surface area contributed by atoms with Crippen molar-refractivity contribution in [3.8, 4) is 17.6 Å². The van der Waals surface area contributed by atoms with Crippen molar-refractivity contribution in [3.63, 3.8) is 0 Å². The molecule has 3 rings (SSSR count). The van der Waals surface area contributed by atoms with Crippen molar-refractivity contribution in [1.29, 1.82) is 5.26 Å². The van der Waals surface area contributed by atoms with Gasteiger partial charge in [-0.15, -0.1) is 0 Å². The standard InChI is InChI=1S/C21H17NO6/c22-10-16-11(8-13-2-1-3-17(24)19(13)25)4-5-14-12(6-7-23)9-15(21(27)28)20(26)18(14)16/h1-5,9,12,23-25H,6-8H2,(H,27,28). The van der Waals surface area contributed by atoms with Gasteiger partial charge in [0.15, 0.2) is 11.5 Å². The maximum absolute atomic E-state index is 12.8. The molecule has 0 heterocycles. The Labute approximate surface area is 160 Å². The van der Waals surface area contributed by atoms with Crippen LogP contribution in [0.3, 0.4) is 0 Å². The third kappa shape index (κ3) is 3.21. The monoisotopic (exact) mass is 379 g/mol. The van der Waals surface area contributed by atoms with Crippen LogP contribution >= 0.6 is 0 Å². The summed E-state index contributed by atoms with van der Waals surface area (Å²) in [5.41, 5.74) is 0.882. The molecule has 0 aliphatic heterocycles. The molecule has 0 saturated carbocycles. The molecule has 7 heteroatoms. The number of Topliss-reactive ketones (excluding diaryl/α,β-unsaturated/α-hetero) is 1. The molecule has 1 aliphatic carbocycles. The first-order chi connectivity index (χ1) is 13.4. The topological polar surface area (TPSA) is 139 Å². The minimum Gasteiger partial charge on any atom is -0.504 e. The van der Waals surface area contributed by atoms with Crippen LogP contribution in [0.5, 0.6) is 11.5 Å². The van der Waals surface area contributed by atoms with Crippen molar-refractivity contribution in [2.75, 3.05) is 6.61 Å². The summed E-state index contributed by atoms with van der Waals surface area (Å²) >= 11 is 0. The molecule has 1 unspecified atom stereocenters. The van der Waals surface area contributed by atoms with Crippen molar-refractivity contribution >= 4 is 11.8 Å². The first-order valence-corrected chi connectivity index (χ1v) is 8.55. The molecule has 0 amide bonds. The number of aromatic hydroxyl groups is 2. The zero-order chi connectivity index (χ0) is 20.4. The number of para-hydroxylation sites is 1. The van der Waals surface area contributed by atoms with Crippen LogP contribution in [-0.4, -0.2) is 38.8 Å². The van der Waals surface area contributed by atoms with Gasteiger partial charge in [-0.05, 0) is 23.6 Å². The highest BCUT2D eigenvalue weighted by atomic mass is 16.4. The first kappa shape index (κ1) is 19.1. The number of aliphatic hydroxyl groups excluding tert-OH is 1. The summed E-state index contributed by atoms with van der Waals surface area (Å²) in [5, 5.41) is 48.0. The number of carboxylic acids is 1. The zero-order valence-electron chi connectivity index (χ0n) is 14.7. The molecule has 2 aromatic rings. The summed E-state index contributed by atoms with van der Waals surface area (Å²) < 4.78 is 0. The molecule has 0 bridgehead atoms. The number of carbonyl (C=O) groups is 2. The van der Waals surface area contributed by atoms with E-state index in [9.17, 15) is 35.3 Å². The molecular weight excluding hydrogens is 362 g/mol. The summed E-state index contributed by atoms with van der Waals surface area (Å²) in [6.45, 7) is -0.206. The molecule has 0 radical (unpaired) electrons. The van der Waals surface area contributed by atoms with E-state index in [1.807, 2.05) is 6.07 Å². The Morgan fingerprint density at radius 3 is 2.54 bits per heavy atom. The van der Waals surface area contributed by atoms with Gasteiger partial charge in [-0.25, -0.2) is 4.79 Å². The van der Waals surface area contributed by atoms with E-state index in [4.69, 9.17) is 0 Å². The number of phenolic OH excluding ortho intramolecular Hbond substituents is 2. The van der Waals surface area contributed by atoms with E-state index in [1.54, 1.807) is 24.3 Å². The maximum Gasteiger partial charge on any atom is 0.339 e. The molecule has 7 nitrogen and oxygen atoms in total. The molecule has 0 saturated heterocycles. The quantitative estimate of drug-likeness (QED) is 0.461. The lowest BCUT2D eigenvalue weighted by atomic mass is 9.78. The number of hydrogen-bond acceptors (Lipinski definition) is 6. The van der Waals surface area contributed by atoms with Crippen LogP contribution < -0.4 is 0 Å². The fourth-order valence-corrected chi connectivity index (χ4v) is 3.46. The maximum atomic E-state index is 12.8. The van der Waals surface area contributed by atoms with E-state index in [0.29, 0.717) is 16.7 Å². The SMILES string of the molecule is N#Cc1c(Cc2cccc(O)c2O)ccc2c1C(=O)C(C(=O)O)=CC2CCO. The highest BCUT2D eigenvalue weighted by Gasteiger charge is 2.33. The van der Waals surface area contributed by atoms with Gasteiger partial charge in [0.25, 0.3) is 0 Å². The van der Waals surface area contributed by atoms with Crippen LogP contribution in [0.2, 0.25) is 0 Å². The van der Waals surface area contributed by atoms with Gasteiger partial charge in [0, 0.05) is 30.1 Å². The average Bonchev–Trinajstić information content (AvgIpc) is 2.67. The molecule has 0 fully saturated rings. The van der Waals surface area contributed by atoms with Crippen molar-refractivity contribution in [1.82, 2.24) is 0 Å². The number of ketones is 1. The summed E-state index contributed by atoms with van der Waals surface area (Å²) in [4.78, 5) is 24.2. The Balaban J connectivity index is 2.16. The number of benzene rings is 2. The molecule has 0 spiro atoms. The van der Waals surface area contributed by atoms with E-state index in [-0.39, 0.29) is 42.1 Å². The van der Waals surface area contributed by atoms with Crippen molar-refractivity contribution < 1.29 is 30.0 Å². The Bertz CT molecular complexity index is 1050. The van der Waals surface area contributed by atoms with Crippen LogP contribution in [0.25, 0.3) is 0 Å². The second-order valence-corrected chi connectivity index (χ2v) is 6.47. The fourth-order valence-electron chi connectivity index (χ4n) is 3.46. The predicted octanol–water partition coefficient (Wildman–Crippen LogP) is 2.23. The largest absolute Gasteiger partial charge is 0.504 e. The number of rotatable bonds is 5. The Kier molecular flexibility index (Phi) is 5.16. The first-order valence-electron chi connectivity index (χ1n) is 8.55. The third-order valence-electron chi connectivity index (χ3n) is 4.82.